The van der Waals surface area contributed by atoms with Crippen LogP contribution >= 0.6 is 0 Å². The number of carbonyl (C=O) groups is 1. The predicted molar refractivity (Wildman–Crippen MR) is 61.3 cm³/mol. The van der Waals surface area contributed by atoms with Crippen LogP contribution in [0.5, 0.6) is 0 Å². The van der Waals surface area contributed by atoms with Gasteiger partial charge in [0.05, 0.1) is 0 Å². The summed E-state index contributed by atoms with van der Waals surface area (Å²) < 4.78 is 0. The molecule has 84 valence electrons. The van der Waals surface area contributed by atoms with E-state index in [1.54, 1.807) is 0 Å². The van der Waals surface area contributed by atoms with Gasteiger partial charge >= 0.3 is 0 Å². The summed E-state index contributed by atoms with van der Waals surface area (Å²) in [5.41, 5.74) is 0. The van der Waals surface area contributed by atoms with E-state index in [0.717, 1.165) is 25.8 Å². The Labute approximate surface area is 88.7 Å². The Kier molecular flexibility index (Phi) is 8.70. The molecule has 0 atom stereocenters. The fourth-order valence-corrected chi connectivity index (χ4v) is 1.53. The van der Waals surface area contributed by atoms with E-state index in [0.29, 0.717) is 5.91 Å². The zero-order chi connectivity index (χ0) is 10.8. The quantitative estimate of drug-likeness (QED) is 0.550. The highest BCUT2D eigenvalue weighted by Gasteiger charge is 2.05. The van der Waals surface area contributed by atoms with E-state index >= 15 is 0 Å². The van der Waals surface area contributed by atoms with Crippen molar-refractivity contribution in [1.29, 1.82) is 0 Å². The summed E-state index contributed by atoms with van der Waals surface area (Å²) in [5, 5.41) is 0. The number of unbranched alkanes of at least 4 members (excludes halogenated alkanes) is 4. The molecule has 0 rings (SSSR count). The molecule has 0 unspecified atom stereocenters. The fourth-order valence-electron chi connectivity index (χ4n) is 1.53. The molecule has 0 saturated carbocycles. The van der Waals surface area contributed by atoms with E-state index < -0.39 is 0 Å². The molecule has 0 saturated heterocycles. The van der Waals surface area contributed by atoms with Gasteiger partial charge in [-0.05, 0) is 12.8 Å². The lowest BCUT2D eigenvalue weighted by Gasteiger charge is -2.15. The number of rotatable bonds is 8. The molecule has 0 fully saturated rings. The Balaban J connectivity index is 3.34. The minimum absolute atomic E-state index is 0.309. The second-order valence-electron chi connectivity index (χ2n) is 3.98. The first-order valence-electron chi connectivity index (χ1n) is 5.96. The largest absolute Gasteiger partial charge is 0.346 e. The minimum atomic E-state index is 0.309. The normalized spacial score (nSPS) is 10.2. The van der Waals surface area contributed by atoms with Crippen LogP contribution in [0.1, 0.15) is 58.8 Å². The molecular formula is C12H25NO. The minimum Gasteiger partial charge on any atom is -0.346 e. The first-order chi connectivity index (χ1) is 6.72. The van der Waals surface area contributed by atoms with Crippen molar-refractivity contribution in [2.75, 3.05) is 13.6 Å². The van der Waals surface area contributed by atoms with Crippen LogP contribution in [-0.4, -0.2) is 24.4 Å². The Morgan fingerprint density at radius 1 is 1.00 bits per heavy atom. The van der Waals surface area contributed by atoms with Crippen molar-refractivity contribution in [2.45, 2.75) is 58.8 Å². The number of carbonyl (C=O) groups excluding carboxylic acids is 1. The third kappa shape index (κ3) is 6.93. The van der Waals surface area contributed by atoms with Gasteiger partial charge in [-0.25, -0.2) is 0 Å². The zero-order valence-corrected chi connectivity index (χ0v) is 10.0. The van der Waals surface area contributed by atoms with Crippen LogP contribution in [-0.2, 0) is 4.79 Å². The molecule has 0 aliphatic carbocycles. The second-order valence-corrected chi connectivity index (χ2v) is 3.98. The summed E-state index contributed by atoms with van der Waals surface area (Å²) in [6, 6.07) is 0. The average molecular weight is 199 g/mol. The van der Waals surface area contributed by atoms with E-state index in [9.17, 15) is 4.79 Å². The summed E-state index contributed by atoms with van der Waals surface area (Å²) in [6.45, 7) is 5.21. The Hall–Kier alpha value is -0.530. The monoisotopic (exact) mass is 199 g/mol. The van der Waals surface area contributed by atoms with E-state index in [1.807, 2.05) is 11.9 Å². The van der Waals surface area contributed by atoms with Crippen molar-refractivity contribution in [3.63, 3.8) is 0 Å². The van der Waals surface area contributed by atoms with Crippen LogP contribution in [0.4, 0.5) is 0 Å². The molecule has 0 spiro atoms. The molecule has 0 bridgehead atoms. The summed E-state index contributed by atoms with van der Waals surface area (Å²) in [5.74, 6) is 0.309. The lowest BCUT2D eigenvalue weighted by atomic mass is 10.1. The summed E-state index contributed by atoms with van der Waals surface area (Å²) in [7, 11) is 1.90. The van der Waals surface area contributed by atoms with Gasteiger partial charge in [0.2, 0.25) is 5.91 Å². The predicted octanol–water partition coefficient (Wildman–Crippen LogP) is 3.22. The van der Waals surface area contributed by atoms with Crippen LogP contribution in [0.2, 0.25) is 0 Å². The Morgan fingerprint density at radius 3 is 2.21 bits per heavy atom. The van der Waals surface area contributed by atoms with Gasteiger partial charge < -0.3 is 4.90 Å². The van der Waals surface area contributed by atoms with Crippen molar-refractivity contribution in [3.8, 4) is 0 Å². The highest BCUT2D eigenvalue weighted by Crippen LogP contribution is 2.06. The zero-order valence-electron chi connectivity index (χ0n) is 10.0. The first kappa shape index (κ1) is 13.5. The molecule has 0 aromatic heterocycles. The first-order valence-corrected chi connectivity index (χ1v) is 5.96. The molecule has 0 aliphatic heterocycles. The lowest BCUT2D eigenvalue weighted by Crippen LogP contribution is -2.26. The number of hydrogen-bond acceptors (Lipinski definition) is 1. The van der Waals surface area contributed by atoms with Gasteiger partial charge in [0.1, 0.15) is 0 Å². The smallest absolute Gasteiger partial charge is 0.222 e. The van der Waals surface area contributed by atoms with Crippen molar-refractivity contribution in [3.05, 3.63) is 0 Å². The van der Waals surface area contributed by atoms with Gasteiger partial charge in [0, 0.05) is 20.0 Å². The van der Waals surface area contributed by atoms with Gasteiger partial charge in [-0.2, -0.15) is 0 Å². The maximum Gasteiger partial charge on any atom is 0.222 e. The van der Waals surface area contributed by atoms with E-state index in [2.05, 4.69) is 13.8 Å². The number of hydrogen-bond donors (Lipinski definition) is 0. The topological polar surface area (TPSA) is 20.3 Å². The van der Waals surface area contributed by atoms with Crippen LogP contribution < -0.4 is 0 Å². The van der Waals surface area contributed by atoms with Gasteiger partial charge in [-0.1, -0.05) is 39.5 Å². The second kappa shape index (κ2) is 9.04. The highest BCUT2D eigenvalue weighted by molar-refractivity contribution is 5.75. The average Bonchev–Trinajstić information content (AvgIpc) is 2.17. The Bertz CT molecular complexity index is 145. The van der Waals surface area contributed by atoms with Gasteiger partial charge in [-0.3, -0.25) is 4.79 Å². The molecule has 0 aromatic rings. The molecule has 14 heavy (non-hydrogen) atoms. The van der Waals surface area contributed by atoms with Crippen LogP contribution in [0, 0.1) is 0 Å². The van der Waals surface area contributed by atoms with Crippen molar-refractivity contribution >= 4 is 5.91 Å². The number of nitrogens with zero attached hydrogens (tertiary/aromatic N) is 1. The Morgan fingerprint density at radius 2 is 1.64 bits per heavy atom. The van der Waals surface area contributed by atoms with Gasteiger partial charge in [0.15, 0.2) is 0 Å². The van der Waals surface area contributed by atoms with Crippen LogP contribution in [0.3, 0.4) is 0 Å². The van der Waals surface area contributed by atoms with Crippen molar-refractivity contribution in [2.24, 2.45) is 0 Å². The number of amides is 1. The third-order valence-corrected chi connectivity index (χ3v) is 2.48. The maximum absolute atomic E-state index is 11.5. The fraction of sp³-hybridized carbons (Fsp3) is 0.917. The molecule has 0 aromatic carbocycles. The van der Waals surface area contributed by atoms with Gasteiger partial charge in [0.25, 0.3) is 0 Å². The van der Waals surface area contributed by atoms with Crippen LogP contribution in [0.15, 0.2) is 0 Å². The SMILES string of the molecule is CCCCCCCC(=O)N(C)CCC. The van der Waals surface area contributed by atoms with Gasteiger partial charge in [-0.15, -0.1) is 0 Å². The molecule has 0 heterocycles. The van der Waals surface area contributed by atoms with Crippen LogP contribution in [0.25, 0.3) is 0 Å². The van der Waals surface area contributed by atoms with E-state index in [4.69, 9.17) is 0 Å². The third-order valence-electron chi connectivity index (χ3n) is 2.48. The van der Waals surface area contributed by atoms with E-state index in [1.165, 1.54) is 25.7 Å². The van der Waals surface area contributed by atoms with E-state index in [-0.39, 0.29) is 0 Å². The molecule has 2 nitrogen and oxygen atoms in total. The van der Waals surface area contributed by atoms with Crippen molar-refractivity contribution in [1.82, 2.24) is 4.90 Å². The molecular weight excluding hydrogens is 174 g/mol. The standard InChI is InChI=1S/C12H25NO/c1-4-6-7-8-9-10-12(14)13(3)11-5-2/h4-11H2,1-3H3. The molecule has 1 amide bonds. The molecule has 0 aliphatic rings. The lowest BCUT2D eigenvalue weighted by molar-refractivity contribution is -0.130. The summed E-state index contributed by atoms with van der Waals surface area (Å²) in [4.78, 5) is 13.3. The van der Waals surface area contributed by atoms with Crippen molar-refractivity contribution < 1.29 is 4.79 Å². The molecule has 2 heteroatoms. The maximum atomic E-state index is 11.5. The molecule has 0 radical (unpaired) electrons. The molecule has 0 N–H and O–H groups in total. The summed E-state index contributed by atoms with van der Waals surface area (Å²) in [6.07, 6.45) is 7.91. The summed E-state index contributed by atoms with van der Waals surface area (Å²) >= 11 is 0. The highest BCUT2D eigenvalue weighted by atomic mass is 16.2.